The Balaban J connectivity index is 1.94. The molecule has 0 fully saturated rings. The zero-order chi connectivity index (χ0) is 16.3. The highest BCUT2D eigenvalue weighted by atomic mass is 16.1. The maximum atomic E-state index is 12.3. The summed E-state index contributed by atoms with van der Waals surface area (Å²) in [5.41, 5.74) is 8.48. The van der Waals surface area contributed by atoms with E-state index in [0.29, 0.717) is 12.8 Å². The van der Waals surface area contributed by atoms with Crippen LogP contribution in [0.2, 0.25) is 0 Å². The molecule has 0 saturated heterocycles. The highest BCUT2D eigenvalue weighted by Crippen LogP contribution is 2.39. The molecule has 4 aliphatic carbocycles. The van der Waals surface area contributed by atoms with E-state index in [9.17, 15) is 9.59 Å². The maximum absolute atomic E-state index is 12.3. The second kappa shape index (κ2) is 4.75. The minimum atomic E-state index is 0.0656. The van der Waals surface area contributed by atoms with Crippen LogP contribution in [0, 0.1) is 0 Å². The van der Waals surface area contributed by atoms with Gasteiger partial charge in [0, 0.05) is 24.0 Å². The Morgan fingerprint density at radius 3 is 1.42 bits per heavy atom. The number of hydrogen-bond acceptors (Lipinski definition) is 2. The summed E-state index contributed by atoms with van der Waals surface area (Å²) >= 11 is 0. The average molecular weight is 310 g/mol. The van der Waals surface area contributed by atoms with Crippen molar-refractivity contribution in [1.82, 2.24) is 0 Å². The van der Waals surface area contributed by atoms with Gasteiger partial charge >= 0.3 is 0 Å². The van der Waals surface area contributed by atoms with Gasteiger partial charge < -0.3 is 0 Å². The van der Waals surface area contributed by atoms with Crippen LogP contribution in [0.1, 0.15) is 33.4 Å². The molecule has 0 unspecified atom stereocenters. The molecule has 4 aliphatic rings. The lowest BCUT2D eigenvalue weighted by Crippen LogP contribution is -2.07. The number of carbonyl (C=O) groups is 2. The van der Waals surface area contributed by atoms with Gasteiger partial charge in [-0.3, -0.25) is 9.59 Å². The first-order chi connectivity index (χ1) is 11.7. The van der Waals surface area contributed by atoms with Gasteiger partial charge in [0.15, 0.2) is 11.6 Å². The van der Waals surface area contributed by atoms with Crippen LogP contribution < -0.4 is 0 Å². The van der Waals surface area contributed by atoms with Gasteiger partial charge in [-0.25, -0.2) is 0 Å². The third-order valence-corrected chi connectivity index (χ3v) is 5.17. The molecule has 5 rings (SSSR count). The first-order valence-electron chi connectivity index (χ1n) is 8.13. The highest BCUT2D eigenvalue weighted by Gasteiger charge is 2.27. The SMILES string of the molecule is O=C1C=Cc2c3c4c(c5c2CC1=CC=C5)C=CC=C(C4)C(=O)C=C3. The van der Waals surface area contributed by atoms with Crippen LogP contribution in [0.3, 0.4) is 0 Å². The number of rotatable bonds is 0. The summed E-state index contributed by atoms with van der Waals surface area (Å²) in [6, 6.07) is 0. The van der Waals surface area contributed by atoms with E-state index in [1.54, 1.807) is 12.2 Å². The predicted molar refractivity (Wildman–Crippen MR) is 96.2 cm³/mol. The van der Waals surface area contributed by atoms with E-state index in [4.69, 9.17) is 0 Å². The molecular formula is C22H14O2. The van der Waals surface area contributed by atoms with Crippen molar-refractivity contribution in [2.75, 3.05) is 0 Å². The van der Waals surface area contributed by atoms with Gasteiger partial charge in [0.2, 0.25) is 0 Å². The van der Waals surface area contributed by atoms with E-state index in [1.807, 2.05) is 36.5 Å². The van der Waals surface area contributed by atoms with Crippen LogP contribution in [0.4, 0.5) is 0 Å². The second-order valence-electron chi connectivity index (χ2n) is 6.46. The summed E-state index contributed by atoms with van der Waals surface area (Å²) in [7, 11) is 0. The zero-order valence-corrected chi connectivity index (χ0v) is 13.0. The maximum Gasteiger partial charge on any atom is 0.182 e. The minimum absolute atomic E-state index is 0.0656. The largest absolute Gasteiger partial charge is 0.290 e. The van der Waals surface area contributed by atoms with Gasteiger partial charge in [0.25, 0.3) is 0 Å². The normalized spacial score (nSPS) is 19.3. The summed E-state index contributed by atoms with van der Waals surface area (Å²) in [6.07, 6.45) is 20.4. The number of fused-ring (bicyclic) bond motifs is 4. The average Bonchev–Trinajstić information content (AvgIpc) is 3.04. The first-order valence-corrected chi connectivity index (χ1v) is 8.13. The fraction of sp³-hybridized carbons (Fsp3) is 0.0909. The lowest BCUT2D eigenvalue weighted by Gasteiger charge is -2.19. The molecule has 0 aliphatic heterocycles. The van der Waals surface area contributed by atoms with E-state index in [2.05, 4.69) is 12.2 Å². The molecule has 0 atom stereocenters. The summed E-state index contributed by atoms with van der Waals surface area (Å²) in [5, 5.41) is 0. The number of hydrogen-bond donors (Lipinski definition) is 0. The van der Waals surface area contributed by atoms with Crippen molar-refractivity contribution in [3.63, 3.8) is 0 Å². The van der Waals surface area contributed by atoms with Gasteiger partial charge in [-0.1, -0.05) is 48.6 Å². The molecule has 0 radical (unpaired) electrons. The lowest BCUT2D eigenvalue weighted by atomic mass is 9.84. The molecule has 0 amide bonds. The molecular weight excluding hydrogens is 296 g/mol. The van der Waals surface area contributed by atoms with Crippen molar-refractivity contribution in [1.29, 1.82) is 0 Å². The smallest absolute Gasteiger partial charge is 0.182 e. The number of allylic oxidation sites excluding steroid dienone is 8. The van der Waals surface area contributed by atoms with Gasteiger partial charge in [0.05, 0.1) is 0 Å². The van der Waals surface area contributed by atoms with Crippen LogP contribution in [0.15, 0.2) is 47.6 Å². The molecule has 114 valence electrons. The minimum Gasteiger partial charge on any atom is -0.290 e. The Bertz CT molecular complexity index is 938. The Labute approximate surface area is 139 Å². The lowest BCUT2D eigenvalue weighted by molar-refractivity contribution is -0.112. The molecule has 4 bridgehead atoms. The van der Waals surface area contributed by atoms with Gasteiger partial charge in [-0.2, -0.15) is 0 Å². The molecule has 0 aromatic heterocycles. The van der Waals surface area contributed by atoms with Crippen LogP contribution >= 0.6 is 0 Å². The quantitative estimate of drug-likeness (QED) is 0.729. The van der Waals surface area contributed by atoms with Crippen LogP contribution in [-0.4, -0.2) is 11.6 Å². The number of benzene rings is 1. The summed E-state index contributed by atoms with van der Waals surface area (Å²) in [6.45, 7) is 0. The van der Waals surface area contributed by atoms with Crippen LogP contribution in [0.5, 0.6) is 0 Å². The molecule has 0 spiro atoms. The molecule has 24 heavy (non-hydrogen) atoms. The Morgan fingerprint density at radius 2 is 0.958 bits per heavy atom. The van der Waals surface area contributed by atoms with Crippen LogP contribution in [-0.2, 0) is 22.4 Å². The molecule has 0 heterocycles. The van der Waals surface area contributed by atoms with Crippen LogP contribution in [0.25, 0.3) is 24.3 Å². The molecule has 0 N–H and O–H groups in total. The van der Waals surface area contributed by atoms with Crippen molar-refractivity contribution in [2.24, 2.45) is 0 Å². The molecule has 1 aromatic carbocycles. The monoisotopic (exact) mass is 310 g/mol. The van der Waals surface area contributed by atoms with Crippen molar-refractivity contribution in [2.45, 2.75) is 12.8 Å². The summed E-state index contributed by atoms with van der Waals surface area (Å²) < 4.78 is 0. The molecule has 2 nitrogen and oxygen atoms in total. The van der Waals surface area contributed by atoms with Gasteiger partial charge in [-0.05, 0) is 45.5 Å². The van der Waals surface area contributed by atoms with Gasteiger partial charge in [-0.15, -0.1) is 0 Å². The fourth-order valence-electron chi connectivity index (χ4n) is 3.97. The second-order valence-corrected chi connectivity index (χ2v) is 6.46. The van der Waals surface area contributed by atoms with E-state index in [1.165, 1.54) is 22.3 Å². The Hall–Kier alpha value is -3.00. The third kappa shape index (κ3) is 1.77. The van der Waals surface area contributed by atoms with E-state index in [0.717, 1.165) is 22.3 Å². The number of ketones is 2. The zero-order valence-electron chi connectivity index (χ0n) is 13.0. The Kier molecular flexibility index (Phi) is 2.66. The fourth-order valence-corrected chi connectivity index (χ4v) is 3.97. The van der Waals surface area contributed by atoms with Crippen molar-refractivity contribution in [3.05, 3.63) is 81.0 Å². The number of carbonyl (C=O) groups excluding carboxylic acids is 2. The summed E-state index contributed by atoms with van der Waals surface area (Å²) in [5.74, 6) is 0.131. The third-order valence-electron chi connectivity index (χ3n) is 5.17. The summed E-state index contributed by atoms with van der Waals surface area (Å²) in [4.78, 5) is 24.6. The first kappa shape index (κ1) is 13.4. The van der Waals surface area contributed by atoms with Crippen molar-refractivity contribution in [3.8, 4) is 0 Å². The Morgan fingerprint density at radius 1 is 0.542 bits per heavy atom. The van der Waals surface area contributed by atoms with Crippen molar-refractivity contribution >= 4 is 35.9 Å². The van der Waals surface area contributed by atoms with Gasteiger partial charge in [0.1, 0.15) is 0 Å². The van der Waals surface area contributed by atoms with E-state index in [-0.39, 0.29) is 11.6 Å². The topological polar surface area (TPSA) is 34.1 Å². The molecule has 2 heteroatoms. The molecule has 0 saturated carbocycles. The highest BCUT2D eigenvalue weighted by molar-refractivity contribution is 6.11. The van der Waals surface area contributed by atoms with E-state index < -0.39 is 0 Å². The molecule has 1 aromatic rings. The van der Waals surface area contributed by atoms with E-state index >= 15 is 0 Å². The standard InChI is InChI=1S/C22H14O2/c23-21-9-7-17-18-8-10-22(24)14-4-2-6-16(20(18)12-14)15-5-1-3-13(21)11-19(15)17/h1-10H,11-12H2. The van der Waals surface area contributed by atoms with Crippen molar-refractivity contribution < 1.29 is 9.59 Å². The predicted octanol–water partition coefficient (Wildman–Crippen LogP) is 3.87.